The van der Waals surface area contributed by atoms with Crippen molar-refractivity contribution in [3.05, 3.63) is 82.9 Å². The summed E-state index contributed by atoms with van der Waals surface area (Å²) in [6.07, 6.45) is 2.88. The second kappa shape index (κ2) is 9.09. The van der Waals surface area contributed by atoms with Gasteiger partial charge < -0.3 is 14.6 Å². The molecule has 0 heterocycles. The van der Waals surface area contributed by atoms with E-state index in [4.69, 9.17) is 9.47 Å². The fourth-order valence-corrected chi connectivity index (χ4v) is 5.00. The van der Waals surface area contributed by atoms with Gasteiger partial charge in [0.15, 0.2) is 11.6 Å². The first-order valence-corrected chi connectivity index (χ1v) is 11.6. The standard InChI is InChI=1S/C28H26F2O4/c1-33-19-9-11-24(29)23(14-19)18-7-10-20-17(13-18)8-12-25(20)34-26-4-2-3-21(28(26)30)22(15-27(31)32)16-5-6-16/h2-4,7,9-11,13-14,16,22,25H,5-6,8,12,15H2,1H3,(H,31,32)/t22-,25+/m0/s1. The lowest BCUT2D eigenvalue weighted by atomic mass is 9.90. The van der Waals surface area contributed by atoms with Crippen LogP contribution in [0.2, 0.25) is 0 Å². The number of aliphatic carboxylic acids is 1. The third-order valence-corrected chi connectivity index (χ3v) is 6.90. The van der Waals surface area contributed by atoms with Crippen LogP contribution in [0.4, 0.5) is 8.78 Å². The van der Waals surface area contributed by atoms with E-state index in [1.807, 2.05) is 18.2 Å². The van der Waals surface area contributed by atoms with Gasteiger partial charge in [-0.25, -0.2) is 8.78 Å². The lowest BCUT2D eigenvalue weighted by Gasteiger charge is -2.20. The Bertz CT molecular complexity index is 1240. The van der Waals surface area contributed by atoms with Gasteiger partial charge >= 0.3 is 5.97 Å². The number of hydrogen-bond donors (Lipinski definition) is 1. The molecule has 6 heteroatoms. The average Bonchev–Trinajstić information content (AvgIpc) is 3.60. The summed E-state index contributed by atoms with van der Waals surface area (Å²) >= 11 is 0. The molecule has 0 bridgehead atoms. The van der Waals surface area contributed by atoms with Crippen molar-refractivity contribution in [2.45, 2.75) is 44.1 Å². The van der Waals surface area contributed by atoms with Gasteiger partial charge in [-0.15, -0.1) is 0 Å². The van der Waals surface area contributed by atoms with E-state index in [1.54, 1.807) is 37.4 Å². The topological polar surface area (TPSA) is 55.8 Å². The van der Waals surface area contributed by atoms with Crippen molar-refractivity contribution in [3.63, 3.8) is 0 Å². The molecule has 1 saturated carbocycles. The Morgan fingerprint density at radius 2 is 1.91 bits per heavy atom. The molecule has 1 fully saturated rings. The van der Waals surface area contributed by atoms with Crippen LogP contribution < -0.4 is 9.47 Å². The Labute approximate surface area is 197 Å². The third kappa shape index (κ3) is 4.37. The summed E-state index contributed by atoms with van der Waals surface area (Å²) in [5.74, 6) is -1.10. The van der Waals surface area contributed by atoms with E-state index in [1.165, 1.54) is 6.07 Å². The van der Waals surface area contributed by atoms with Crippen LogP contribution in [0.25, 0.3) is 11.1 Å². The first-order valence-electron chi connectivity index (χ1n) is 11.6. The SMILES string of the molecule is COc1ccc(F)c(-c2ccc3c(c2)CC[C@H]3Oc2cccc([C@@H](CC(=O)O)C3CC3)c2F)c1. The van der Waals surface area contributed by atoms with Crippen LogP contribution in [-0.4, -0.2) is 18.2 Å². The zero-order chi connectivity index (χ0) is 23.8. The van der Waals surface area contributed by atoms with Crippen LogP contribution >= 0.6 is 0 Å². The molecule has 0 saturated heterocycles. The van der Waals surface area contributed by atoms with E-state index >= 15 is 4.39 Å². The van der Waals surface area contributed by atoms with E-state index in [9.17, 15) is 14.3 Å². The fourth-order valence-electron chi connectivity index (χ4n) is 5.00. The Kier molecular flexibility index (Phi) is 5.98. The summed E-state index contributed by atoms with van der Waals surface area (Å²) in [6.45, 7) is 0. The van der Waals surface area contributed by atoms with Crippen LogP contribution in [0.15, 0.2) is 54.6 Å². The smallest absolute Gasteiger partial charge is 0.303 e. The molecule has 0 amide bonds. The van der Waals surface area contributed by atoms with Crippen LogP contribution in [0, 0.1) is 17.6 Å². The van der Waals surface area contributed by atoms with Gasteiger partial charge in [-0.3, -0.25) is 4.79 Å². The van der Waals surface area contributed by atoms with E-state index in [0.29, 0.717) is 23.3 Å². The van der Waals surface area contributed by atoms with Crippen LogP contribution in [0.1, 0.15) is 54.4 Å². The van der Waals surface area contributed by atoms with Gasteiger partial charge in [0, 0.05) is 11.5 Å². The highest BCUT2D eigenvalue weighted by atomic mass is 19.1. The molecule has 4 nitrogen and oxygen atoms in total. The second-order valence-electron chi connectivity index (χ2n) is 9.11. The summed E-state index contributed by atoms with van der Waals surface area (Å²) in [5, 5.41) is 9.29. The highest BCUT2D eigenvalue weighted by molar-refractivity contribution is 5.69. The molecular formula is C28H26F2O4. The Morgan fingerprint density at radius 1 is 1.09 bits per heavy atom. The number of hydrogen-bond acceptors (Lipinski definition) is 3. The van der Waals surface area contributed by atoms with E-state index in [2.05, 4.69) is 0 Å². The van der Waals surface area contributed by atoms with Gasteiger partial charge in [-0.1, -0.05) is 30.3 Å². The van der Waals surface area contributed by atoms with Crippen molar-refractivity contribution in [1.82, 2.24) is 0 Å². The van der Waals surface area contributed by atoms with Crippen molar-refractivity contribution < 1.29 is 28.2 Å². The summed E-state index contributed by atoms with van der Waals surface area (Å²) in [5.41, 5.74) is 3.65. The molecule has 2 atom stereocenters. The lowest BCUT2D eigenvalue weighted by Crippen LogP contribution is -2.12. The summed E-state index contributed by atoms with van der Waals surface area (Å²) in [4.78, 5) is 11.3. The maximum atomic E-state index is 15.4. The predicted octanol–water partition coefficient (Wildman–Crippen LogP) is 6.68. The number of rotatable bonds is 8. The number of fused-ring (bicyclic) bond motifs is 1. The van der Waals surface area contributed by atoms with Crippen molar-refractivity contribution >= 4 is 5.97 Å². The number of methoxy groups -OCH3 is 1. The zero-order valence-corrected chi connectivity index (χ0v) is 18.9. The zero-order valence-electron chi connectivity index (χ0n) is 18.9. The van der Waals surface area contributed by atoms with E-state index < -0.39 is 11.8 Å². The normalized spacial score (nSPS) is 17.8. The molecule has 2 aliphatic carbocycles. The van der Waals surface area contributed by atoms with Gasteiger partial charge in [-0.2, -0.15) is 0 Å². The maximum absolute atomic E-state index is 15.4. The van der Waals surface area contributed by atoms with Crippen LogP contribution in [0.5, 0.6) is 11.5 Å². The molecule has 5 rings (SSSR count). The number of carboxylic acid groups (broad SMARTS) is 1. The fraction of sp³-hybridized carbons (Fsp3) is 0.321. The molecule has 34 heavy (non-hydrogen) atoms. The van der Waals surface area contributed by atoms with Crippen LogP contribution in [0.3, 0.4) is 0 Å². The molecular weight excluding hydrogens is 438 g/mol. The van der Waals surface area contributed by atoms with Gasteiger partial charge in [0.05, 0.1) is 13.5 Å². The maximum Gasteiger partial charge on any atom is 0.303 e. The molecule has 0 radical (unpaired) electrons. The van der Waals surface area contributed by atoms with E-state index in [-0.39, 0.29) is 35.9 Å². The molecule has 0 aliphatic heterocycles. The Morgan fingerprint density at radius 3 is 2.65 bits per heavy atom. The lowest BCUT2D eigenvalue weighted by molar-refractivity contribution is -0.137. The molecule has 3 aromatic carbocycles. The summed E-state index contributed by atoms with van der Waals surface area (Å²) < 4.78 is 41.2. The van der Waals surface area contributed by atoms with Crippen molar-refractivity contribution in [2.75, 3.05) is 7.11 Å². The number of halogens is 2. The van der Waals surface area contributed by atoms with E-state index in [0.717, 1.165) is 36.0 Å². The summed E-state index contributed by atoms with van der Waals surface area (Å²) in [7, 11) is 1.55. The van der Waals surface area contributed by atoms with Crippen LogP contribution in [-0.2, 0) is 11.2 Å². The molecule has 1 N–H and O–H groups in total. The Hall–Kier alpha value is -3.41. The van der Waals surface area contributed by atoms with Crippen molar-refractivity contribution in [3.8, 4) is 22.6 Å². The number of aryl methyl sites for hydroxylation is 1. The molecule has 0 spiro atoms. The minimum Gasteiger partial charge on any atom is -0.497 e. The number of carboxylic acids is 1. The Balaban J connectivity index is 1.40. The highest BCUT2D eigenvalue weighted by Crippen LogP contribution is 2.47. The number of carbonyl (C=O) groups is 1. The largest absolute Gasteiger partial charge is 0.497 e. The minimum absolute atomic E-state index is 0.0824. The van der Waals surface area contributed by atoms with Crippen molar-refractivity contribution in [1.29, 1.82) is 0 Å². The van der Waals surface area contributed by atoms with Crippen molar-refractivity contribution in [2.24, 2.45) is 5.92 Å². The third-order valence-electron chi connectivity index (χ3n) is 6.90. The average molecular weight is 465 g/mol. The van der Waals surface area contributed by atoms with Gasteiger partial charge in [0.2, 0.25) is 0 Å². The quantitative estimate of drug-likeness (QED) is 0.404. The first-order chi connectivity index (χ1) is 16.4. The van der Waals surface area contributed by atoms with Gasteiger partial charge in [0.25, 0.3) is 0 Å². The summed E-state index contributed by atoms with van der Waals surface area (Å²) in [6, 6.07) is 15.4. The number of ether oxygens (including phenoxy) is 2. The molecule has 176 valence electrons. The molecule has 0 unspecified atom stereocenters. The second-order valence-corrected chi connectivity index (χ2v) is 9.11. The van der Waals surface area contributed by atoms with Gasteiger partial charge in [0.1, 0.15) is 17.7 Å². The molecule has 2 aliphatic rings. The number of benzene rings is 3. The predicted molar refractivity (Wildman–Crippen MR) is 124 cm³/mol. The monoisotopic (exact) mass is 464 g/mol. The molecule has 0 aromatic heterocycles. The minimum atomic E-state index is -0.921. The van der Waals surface area contributed by atoms with Gasteiger partial charge in [-0.05, 0) is 78.1 Å². The first kappa shape index (κ1) is 22.4. The highest BCUT2D eigenvalue weighted by Gasteiger charge is 2.36. The molecule has 3 aromatic rings.